The number of hydrogen-bond donors (Lipinski definition) is 2. The van der Waals surface area contributed by atoms with Gasteiger partial charge in [0.1, 0.15) is 23.2 Å². The number of ether oxygens (including phenoxy) is 3. The number of halogens is 2. The van der Waals surface area contributed by atoms with Gasteiger partial charge in [-0.25, -0.2) is 9.50 Å². The minimum atomic E-state index is -3.14. The molecular weight excluding hydrogens is 462 g/mol. The Kier molecular flexibility index (Phi) is 8.11. The summed E-state index contributed by atoms with van der Waals surface area (Å²) in [5.41, 5.74) is 0.0962. The van der Waals surface area contributed by atoms with Crippen LogP contribution in [0.1, 0.15) is 50.4 Å². The second kappa shape index (κ2) is 10.9. The summed E-state index contributed by atoms with van der Waals surface area (Å²) in [5, 5.41) is 16.7. The van der Waals surface area contributed by atoms with Gasteiger partial charge in [-0.3, -0.25) is 4.79 Å². The van der Waals surface area contributed by atoms with Crippen LogP contribution in [0.15, 0.2) is 30.7 Å². The van der Waals surface area contributed by atoms with E-state index in [0.717, 1.165) is 0 Å². The van der Waals surface area contributed by atoms with Crippen molar-refractivity contribution >= 4 is 11.6 Å². The van der Waals surface area contributed by atoms with Crippen molar-refractivity contribution in [1.82, 2.24) is 19.9 Å². The summed E-state index contributed by atoms with van der Waals surface area (Å²) < 4.78 is 43.0. The summed E-state index contributed by atoms with van der Waals surface area (Å²) >= 11 is 0. The van der Waals surface area contributed by atoms with Gasteiger partial charge in [-0.15, -0.1) is 0 Å². The molecule has 1 amide bonds. The van der Waals surface area contributed by atoms with Gasteiger partial charge in [0.05, 0.1) is 31.3 Å². The Labute approximate surface area is 202 Å². The molecule has 2 aromatic heterocycles. The monoisotopic (exact) mass is 492 g/mol. The Hall–Kier alpha value is -3.47. The van der Waals surface area contributed by atoms with Crippen molar-refractivity contribution in [1.29, 1.82) is 0 Å². The van der Waals surface area contributed by atoms with Crippen LogP contribution in [0, 0.1) is 0 Å². The summed E-state index contributed by atoms with van der Waals surface area (Å²) in [6.45, 7) is 1.84. The van der Waals surface area contributed by atoms with Crippen LogP contribution in [0.2, 0.25) is 0 Å². The maximum atomic E-state index is 13.0. The predicted molar refractivity (Wildman–Crippen MR) is 125 cm³/mol. The highest BCUT2D eigenvalue weighted by Gasteiger charge is 2.25. The van der Waals surface area contributed by atoms with Crippen LogP contribution in [0.5, 0.6) is 17.2 Å². The minimum Gasteiger partial charge on any atom is -0.496 e. The van der Waals surface area contributed by atoms with Crippen LogP contribution in [-0.2, 0) is 0 Å². The third-order valence-corrected chi connectivity index (χ3v) is 5.26. The zero-order chi connectivity index (χ0) is 25.8. The fourth-order valence-electron chi connectivity index (χ4n) is 2.91. The van der Waals surface area contributed by atoms with E-state index in [-0.39, 0.29) is 17.1 Å². The standard InChI is InChI=1S/C21H24F2N4O5.C3H6/c1-11(21(2,3)29)31-13-8-25-18-14(9-26-27(18)10-13)12-6-15(30-5)17(19(28)24-4)16(7-12)32-20(22)23;1-2-3-1/h6-11,20,29H,1-5H3,(H,24,28);1-3H2. The number of fused-ring (bicyclic) bond motifs is 1. The van der Waals surface area contributed by atoms with Crippen LogP contribution in [-0.4, -0.2) is 58.1 Å². The maximum Gasteiger partial charge on any atom is 0.387 e. The number of nitrogens with zero attached hydrogens (tertiary/aromatic N) is 3. The number of hydrogen-bond acceptors (Lipinski definition) is 7. The fraction of sp³-hybridized carbons (Fsp3) is 0.458. The Morgan fingerprint density at radius 3 is 2.37 bits per heavy atom. The Morgan fingerprint density at radius 2 is 1.83 bits per heavy atom. The van der Waals surface area contributed by atoms with E-state index < -0.39 is 24.2 Å². The molecule has 4 rings (SSSR count). The van der Waals surface area contributed by atoms with Crippen molar-refractivity contribution in [3.63, 3.8) is 0 Å². The lowest BCUT2D eigenvalue weighted by atomic mass is 10.0. The van der Waals surface area contributed by atoms with E-state index in [2.05, 4.69) is 20.1 Å². The summed E-state index contributed by atoms with van der Waals surface area (Å²) in [5.74, 6) is -0.538. The van der Waals surface area contributed by atoms with Gasteiger partial charge in [0.2, 0.25) is 0 Å². The SMILES string of the molecule is C1CC1.CNC(=O)c1c(OC)cc(-c2cnn3cc(OC(C)C(C)(C)O)cnc23)cc1OC(F)F. The summed E-state index contributed by atoms with van der Waals surface area (Å²) in [7, 11) is 2.69. The highest BCUT2D eigenvalue weighted by molar-refractivity contribution is 6.00. The van der Waals surface area contributed by atoms with Gasteiger partial charge in [0.25, 0.3) is 5.91 Å². The molecule has 0 spiro atoms. The third-order valence-electron chi connectivity index (χ3n) is 5.26. The number of aliphatic hydroxyl groups is 1. The largest absolute Gasteiger partial charge is 0.496 e. The van der Waals surface area contributed by atoms with Gasteiger partial charge in [-0.05, 0) is 38.5 Å². The molecule has 190 valence electrons. The average molecular weight is 493 g/mol. The molecule has 1 unspecified atom stereocenters. The van der Waals surface area contributed by atoms with Crippen molar-refractivity contribution in [2.75, 3.05) is 14.2 Å². The lowest BCUT2D eigenvalue weighted by molar-refractivity contribution is -0.0502. The van der Waals surface area contributed by atoms with Crippen molar-refractivity contribution in [2.24, 2.45) is 0 Å². The van der Waals surface area contributed by atoms with Crippen molar-refractivity contribution in [2.45, 2.75) is 58.4 Å². The molecule has 0 bridgehead atoms. The molecule has 0 radical (unpaired) electrons. The molecule has 1 aliphatic carbocycles. The third kappa shape index (κ3) is 6.56. The molecule has 9 nitrogen and oxygen atoms in total. The topological polar surface area (TPSA) is 107 Å². The molecule has 1 fully saturated rings. The van der Waals surface area contributed by atoms with Crippen molar-refractivity contribution in [3.05, 3.63) is 36.3 Å². The molecule has 2 N–H and O–H groups in total. The summed E-state index contributed by atoms with van der Waals surface area (Å²) in [4.78, 5) is 16.6. The molecule has 0 saturated heterocycles. The predicted octanol–water partition coefficient (Wildman–Crippen LogP) is 4.07. The number of nitrogens with one attached hydrogen (secondary N) is 1. The normalized spacial score (nSPS) is 13.6. The first-order chi connectivity index (χ1) is 16.5. The van der Waals surface area contributed by atoms with Gasteiger partial charge in [-0.1, -0.05) is 19.3 Å². The highest BCUT2D eigenvalue weighted by atomic mass is 19.3. The van der Waals surface area contributed by atoms with Gasteiger partial charge in [-0.2, -0.15) is 13.9 Å². The van der Waals surface area contributed by atoms with Crippen molar-refractivity contribution < 1.29 is 32.9 Å². The zero-order valence-electron chi connectivity index (χ0n) is 20.3. The van der Waals surface area contributed by atoms with E-state index in [0.29, 0.717) is 22.5 Å². The van der Waals surface area contributed by atoms with E-state index >= 15 is 0 Å². The molecule has 1 saturated carbocycles. The van der Waals surface area contributed by atoms with Crippen LogP contribution >= 0.6 is 0 Å². The Morgan fingerprint density at radius 1 is 1.17 bits per heavy atom. The summed E-state index contributed by atoms with van der Waals surface area (Å²) in [6, 6.07) is 2.82. The molecular formula is C24H30F2N4O5. The molecule has 11 heteroatoms. The lowest BCUT2D eigenvalue weighted by Crippen LogP contribution is -2.37. The number of aromatic nitrogens is 3. The molecule has 1 aliphatic rings. The Bertz CT molecular complexity index is 1170. The molecule has 1 aromatic carbocycles. The fourth-order valence-corrected chi connectivity index (χ4v) is 2.91. The first-order valence-electron chi connectivity index (χ1n) is 11.2. The maximum absolute atomic E-state index is 13.0. The molecule has 0 aliphatic heterocycles. The minimum absolute atomic E-state index is 0.0517. The molecule has 1 atom stereocenters. The van der Waals surface area contributed by atoms with Crippen LogP contribution in [0.4, 0.5) is 8.78 Å². The van der Waals surface area contributed by atoms with Crippen LogP contribution < -0.4 is 19.5 Å². The zero-order valence-corrected chi connectivity index (χ0v) is 20.3. The molecule has 2 heterocycles. The average Bonchev–Trinajstić information content (AvgIpc) is 3.63. The number of carbonyl (C=O) groups is 1. The van der Waals surface area contributed by atoms with E-state index in [1.54, 1.807) is 27.0 Å². The van der Waals surface area contributed by atoms with Gasteiger partial charge in [0.15, 0.2) is 11.4 Å². The number of carbonyl (C=O) groups excluding carboxylic acids is 1. The summed E-state index contributed by atoms with van der Waals surface area (Å²) in [6.07, 6.45) is 8.54. The quantitative estimate of drug-likeness (QED) is 0.488. The van der Waals surface area contributed by atoms with Gasteiger partial charge < -0.3 is 24.6 Å². The molecule has 3 aromatic rings. The number of amides is 1. The van der Waals surface area contributed by atoms with E-state index in [1.807, 2.05) is 0 Å². The molecule has 35 heavy (non-hydrogen) atoms. The second-order valence-corrected chi connectivity index (χ2v) is 8.60. The van der Waals surface area contributed by atoms with Crippen molar-refractivity contribution in [3.8, 4) is 28.4 Å². The van der Waals surface area contributed by atoms with Gasteiger partial charge in [0, 0.05) is 12.6 Å². The first kappa shape index (κ1) is 26.1. The van der Waals surface area contributed by atoms with E-state index in [1.165, 1.54) is 62.5 Å². The highest BCUT2D eigenvalue weighted by Crippen LogP contribution is 2.37. The van der Waals surface area contributed by atoms with Gasteiger partial charge >= 0.3 is 6.61 Å². The first-order valence-corrected chi connectivity index (χ1v) is 11.2. The number of alkyl halides is 2. The van der Waals surface area contributed by atoms with Crippen LogP contribution in [0.25, 0.3) is 16.8 Å². The van der Waals surface area contributed by atoms with Crippen LogP contribution in [0.3, 0.4) is 0 Å². The second-order valence-electron chi connectivity index (χ2n) is 8.60. The van der Waals surface area contributed by atoms with E-state index in [9.17, 15) is 18.7 Å². The number of benzene rings is 1. The van der Waals surface area contributed by atoms with E-state index in [4.69, 9.17) is 9.47 Å². The number of rotatable bonds is 8. The lowest BCUT2D eigenvalue weighted by Gasteiger charge is -2.26. The Balaban J connectivity index is 0.00000106. The number of methoxy groups -OCH3 is 1. The smallest absolute Gasteiger partial charge is 0.387 e.